The summed E-state index contributed by atoms with van der Waals surface area (Å²) in [7, 11) is 0. The van der Waals surface area contributed by atoms with Crippen molar-refractivity contribution in [2.24, 2.45) is 5.92 Å². The third kappa shape index (κ3) is 4.39. The van der Waals surface area contributed by atoms with Crippen LogP contribution in [0.2, 0.25) is 0 Å². The van der Waals surface area contributed by atoms with Gasteiger partial charge in [-0.3, -0.25) is 4.79 Å². The van der Waals surface area contributed by atoms with Crippen molar-refractivity contribution in [3.8, 4) is 0 Å². The summed E-state index contributed by atoms with van der Waals surface area (Å²) in [5, 5.41) is 0. The van der Waals surface area contributed by atoms with Gasteiger partial charge in [-0.2, -0.15) is 0 Å². The van der Waals surface area contributed by atoms with Crippen LogP contribution in [0.3, 0.4) is 0 Å². The smallest absolute Gasteiger partial charge is 0.248 e. The summed E-state index contributed by atoms with van der Waals surface area (Å²) in [4.78, 5) is 13.6. The number of hydrogen-bond acceptors (Lipinski definition) is 2. The van der Waals surface area contributed by atoms with Gasteiger partial charge >= 0.3 is 0 Å². The highest BCUT2D eigenvalue weighted by molar-refractivity contribution is 6.18. The van der Waals surface area contributed by atoms with Crippen LogP contribution in [0.1, 0.15) is 27.2 Å². The fourth-order valence-corrected chi connectivity index (χ4v) is 1.81. The van der Waals surface area contributed by atoms with Crippen LogP contribution in [0.5, 0.6) is 0 Å². The Balaban J connectivity index is 2.30. The van der Waals surface area contributed by atoms with Gasteiger partial charge in [0.1, 0.15) is 6.61 Å². The van der Waals surface area contributed by atoms with Crippen LogP contribution in [0.15, 0.2) is 0 Å². The van der Waals surface area contributed by atoms with Crippen LogP contribution in [0.25, 0.3) is 0 Å². The van der Waals surface area contributed by atoms with Gasteiger partial charge in [-0.15, -0.1) is 11.6 Å². The predicted octanol–water partition coefficient (Wildman–Crippen LogP) is 1.89. The maximum atomic E-state index is 11.7. The van der Waals surface area contributed by atoms with Gasteiger partial charge in [0.15, 0.2) is 0 Å². The summed E-state index contributed by atoms with van der Waals surface area (Å²) in [6.07, 6.45) is 1.02. The first-order valence-corrected chi connectivity index (χ1v) is 5.93. The Labute approximate surface area is 96.7 Å². The molecular weight excluding hydrogens is 214 g/mol. The standard InChI is InChI=1S/C11H20ClNO2/c1-11(2,3)15-8-10(14)13-5-4-9(6-12)7-13/h9H,4-8H2,1-3H3. The average molecular weight is 234 g/mol. The number of carbonyl (C=O) groups is 1. The zero-order valence-corrected chi connectivity index (χ0v) is 10.5. The number of alkyl halides is 1. The Kier molecular flexibility index (Phi) is 4.41. The van der Waals surface area contributed by atoms with E-state index in [2.05, 4.69) is 0 Å². The van der Waals surface area contributed by atoms with Crippen molar-refractivity contribution in [3.05, 3.63) is 0 Å². The van der Waals surface area contributed by atoms with E-state index in [9.17, 15) is 4.79 Å². The average Bonchev–Trinajstić information content (AvgIpc) is 2.61. The van der Waals surface area contributed by atoms with Crippen molar-refractivity contribution in [2.45, 2.75) is 32.8 Å². The molecule has 3 nitrogen and oxygen atoms in total. The van der Waals surface area contributed by atoms with Gasteiger partial charge in [-0.1, -0.05) is 0 Å². The minimum atomic E-state index is -0.249. The van der Waals surface area contributed by atoms with Gasteiger partial charge in [0, 0.05) is 19.0 Å². The van der Waals surface area contributed by atoms with Crippen molar-refractivity contribution in [1.29, 1.82) is 0 Å². The van der Waals surface area contributed by atoms with Crippen LogP contribution in [-0.2, 0) is 9.53 Å². The lowest BCUT2D eigenvalue weighted by Crippen LogP contribution is -2.35. The molecule has 0 aromatic rings. The summed E-state index contributed by atoms with van der Waals surface area (Å²) < 4.78 is 5.45. The van der Waals surface area contributed by atoms with Gasteiger partial charge in [0.25, 0.3) is 0 Å². The normalized spacial score (nSPS) is 22.1. The van der Waals surface area contributed by atoms with E-state index in [4.69, 9.17) is 16.3 Å². The molecule has 4 heteroatoms. The van der Waals surface area contributed by atoms with Gasteiger partial charge < -0.3 is 9.64 Å². The van der Waals surface area contributed by atoms with Gasteiger partial charge in [-0.05, 0) is 33.1 Å². The zero-order valence-electron chi connectivity index (χ0n) is 9.75. The Morgan fingerprint density at radius 3 is 2.67 bits per heavy atom. The molecule has 1 atom stereocenters. The lowest BCUT2D eigenvalue weighted by Gasteiger charge is -2.22. The van der Waals surface area contributed by atoms with E-state index in [0.717, 1.165) is 19.5 Å². The molecule has 1 amide bonds. The van der Waals surface area contributed by atoms with Crippen molar-refractivity contribution in [1.82, 2.24) is 4.90 Å². The summed E-state index contributed by atoms with van der Waals surface area (Å²) in [5.74, 6) is 1.19. The monoisotopic (exact) mass is 233 g/mol. The molecule has 1 heterocycles. The van der Waals surface area contributed by atoms with Crippen molar-refractivity contribution < 1.29 is 9.53 Å². The highest BCUT2D eigenvalue weighted by atomic mass is 35.5. The second-order valence-electron chi connectivity index (χ2n) is 5.05. The first-order chi connectivity index (χ1) is 6.92. The Hall–Kier alpha value is -0.280. The third-order valence-electron chi connectivity index (χ3n) is 2.49. The molecule has 0 aromatic heterocycles. The van der Waals surface area contributed by atoms with Crippen LogP contribution >= 0.6 is 11.6 Å². The molecule has 0 saturated carbocycles. The highest BCUT2D eigenvalue weighted by Gasteiger charge is 2.26. The maximum absolute atomic E-state index is 11.7. The number of carbonyl (C=O) groups excluding carboxylic acids is 1. The number of halogens is 1. The molecule has 1 aliphatic rings. The molecule has 0 radical (unpaired) electrons. The van der Waals surface area contributed by atoms with E-state index in [1.165, 1.54) is 0 Å². The molecular formula is C11H20ClNO2. The lowest BCUT2D eigenvalue weighted by atomic mass is 10.2. The highest BCUT2D eigenvalue weighted by Crippen LogP contribution is 2.18. The predicted molar refractivity (Wildman–Crippen MR) is 61.1 cm³/mol. The molecule has 0 spiro atoms. The molecule has 88 valence electrons. The van der Waals surface area contributed by atoms with E-state index in [-0.39, 0.29) is 18.1 Å². The molecule has 0 bridgehead atoms. The second-order valence-corrected chi connectivity index (χ2v) is 5.36. The van der Waals surface area contributed by atoms with Crippen molar-refractivity contribution in [3.63, 3.8) is 0 Å². The van der Waals surface area contributed by atoms with Crippen molar-refractivity contribution in [2.75, 3.05) is 25.6 Å². The van der Waals surface area contributed by atoms with E-state index in [1.807, 2.05) is 25.7 Å². The van der Waals surface area contributed by atoms with Crippen LogP contribution in [0.4, 0.5) is 0 Å². The molecule has 1 aliphatic heterocycles. The third-order valence-corrected chi connectivity index (χ3v) is 2.92. The minimum absolute atomic E-state index is 0.0811. The molecule has 0 aliphatic carbocycles. The molecule has 1 rings (SSSR count). The van der Waals surface area contributed by atoms with Gasteiger partial charge in [0.2, 0.25) is 5.91 Å². The molecule has 1 fully saturated rings. The summed E-state index contributed by atoms with van der Waals surface area (Å²) in [6.45, 7) is 7.64. The van der Waals surface area contributed by atoms with E-state index in [0.29, 0.717) is 11.8 Å². The fraction of sp³-hybridized carbons (Fsp3) is 0.909. The number of nitrogens with zero attached hydrogens (tertiary/aromatic N) is 1. The Morgan fingerprint density at radius 2 is 2.20 bits per heavy atom. The number of amides is 1. The maximum Gasteiger partial charge on any atom is 0.248 e. The molecule has 0 aromatic carbocycles. The fourth-order valence-electron chi connectivity index (χ4n) is 1.55. The van der Waals surface area contributed by atoms with Gasteiger partial charge in [0.05, 0.1) is 5.60 Å². The first-order valence-electron chi connectivity index (χ1n) is 5.40. The SMILES string of the molecule is CC(C)(C)OCC(=O)N1CCC(CCl)C1. The number of rotatable bonds is 3. The van der Waals surface area contributed by atoms with Crippen molar-refractivity contribution >= 4 is 17.5 Å². The summed E-state index contributed by atoms with van der Waals surface area (Å²) in [6, 6.07) is 0. The Morgan fingerprint density at radius 1 is 1.53 bits per heavy atom. The molecule has 15 heavy (non-hydrogen) atoms. The van der Waals surface area contributed by atoms with Gasteiger partial charge in [-0.25, -0.2) is 0 Å². The number of likely N-dealkylation sites (tertiary alicyclic amines) is 1. The minimum Gasteiger partial charge on any atom is -0.366 e. The lowest BCUT2D eigenvalue weighted by molar-refractivity contribution is -0.140. The largest absolute Gasteiger partial charge is 0.366 e. The van der Waals surface area contributed by atoms with E-state index >= 15 is 0 Å². The van der Waals surface area contributed by atoms with Crippen LogP contribution < -0.4 is 0 Å². The summed E-state index contributed by atoms with van der Waals surface area (Å²) in [5.41, 5.74) is -0.249. The first kappa shape index (κ1) is 12.8. The topological polar surface area (TPSA) is 29.5 Å². The number of hydrogen-bond donors (Lipinski definition) is 0. The van der Waals surface area contributed by atoms with Crippen LogP contribution in [0, 0.1) is 5.92 Å². The molecule has 1 unspecified atom stereocenters. The van der Waals surface area contributed by atoms with Crippen LogP contribution in [-0.4, -0.2) is 42.0 Å². The summed E-state index contributed by atoms with van der Waals surface area (Å²) >= 11 is 5.76. The molecule has 1 saturated heterocycles. The molecule has 0 N–H and O–H groups in total. The zero-order chi connectivity index (χ0) is 11.5. The van der Waals surface area contributed by atoms with E-state index < -0.39 is 0 Å². The second kappa shape index (κ2) is 5.17. The Bertz CT molecular complexity index is 225. The quantitative estimate of drug-likeness (QED) is 0.697. The van der Waals surface area contributed by atoms with E-state index in [1.54, 1.807) is 0 Å². The number of ether oxygens (including phenoxy) is 1.